The van der Waals surface area contributed by atoms with Crippen LogP contribution in [-0.4, -0.2) is 25.5 Å². The van der Waals surface area contributed by atoms with Crippen LogP contribution < -0.4 is 20.7 Å². The Morgan fingerprint density at radius 2 is 2.04 bits per heavy atom. The smallest absolute Gasteiger partial charge is 0.255 e. The molecule has 2 amide bonds. The van der Waals surface area contributed by atoms with Gasteiger partial charge in [-0.1, -0.05) is 6.07 Å². The molecule has 6 nitrogen and oxygen atoms in total. The van der Waals surface area contributed by atoms with E-state index in [4.69, 9.17) is 10.5 Å². The molecule has 130 valence electrons. The lowest BCUT2D eigenvalue weighted by molar-refractivity contribution is -0.119. The summed E-state index contributed by atoms with van der Waals surface area (Å²) < 4.78 is 5.38. The van der Waals surface area contributed by atoms with Crippen molar-refractivity contribution in [2.75, 3.05) is 29.6 Å². The summed E-state index contributed by atoms with van der Waals surface area (Å²) in [5, 5.41) is 2.84. The van der Waals surface area contributed by atoms with Gasteiger partial charge in [0.25, 0.3) is 5.91 Å². The SMILES string of the molecule is COc1ccc(NC(=O)c2cccc(N)c2)cc1N1CCCCC1=O. The number of piperidine rings is 1. The summed E-state index contributed by atoms with van der Waals surface area (Å²) in [6.45, 7) is 0.655. The third-order valence-corrected chi connectivity index (χ3v) is 4.20. The minimum absolute atomic E-state index is 0.0730. The molecule has 1 fully saturated rings. The lowest BCUT2D eigenvalue weighted by atomic mass is 10.1. The highest BCUT2D eigenvalue weighted by molar-refractivity contribution is 6.05. The minimum atomic E-state index is -0.256. The van der Waals surface area contributed by atoms with Gasteiger partial charge < -0.3 is 20.7 Å². The quantitative estimate of drug-likeness (QED) is 0.839. The van der Waals surface area contributed by atoms with Crippen LogP contribution >= 0.6 is 0 Å². The van der Waals surface area contributed by atoms with Gasteiger partial charge in [0.2, 0.25) is 5.91 Å². The average Bonchev–Trinajstić information content (AvgIpc) is 2.62. The van der Waals surface area contributed by atoms with E-state index in [1.54, 1.807) is 54.5 Å². The predicted molar refractivity (Wildman–Crippen MR) is 98.0 cm³/mol. The first kappa shape index (κ1) is 16.8. The number of nitrogens with zero attached hydrogens (tertiary/aromatic N) is 1. The van der Waals surface area contributed by atoms with E-state index < -0.39 is 0 Å². The fraction of sp³-hybridized carbons (Fsp3) is 0.263. The lowest BCUT2D eigenvalue weighted by Gasteiger charge is -2.28. The Morgan fingerprint density at radius 3 is 2.76 bits per heavy atom. The zero-order chi connectivity index (χ0) is 17.8. The Hall–Kier alpha value is -3.02. The first-order valence-corrected chi connectivity index (χ1v) is 8.24. The van der Waals surface area contributed by atoms with Crippen molar-refractivity contribution in [1.82, 2.24) is 0 Å². The fourth-order valence-corrected chi connectivity index (χ4v) is 2.92. The summed E-state index contributed by atoms with van der Waals surface area (Å²) in [6.07, 6.45) is 2.39. The molecule has 1 heterocycles. The Labute approximate surface area is 146 Å². The Morgan fingerprint density at radius 1 is 1.20 bits per heavy atom. The third-order valence-electron chi connectivity index (χ3n) is 4.20. The van der Waals surface area contributed by atoms with Crippen LogP contribution in [0.2, 0.25) is 0 Å². The summed E-state index contributed by atoms with van der Waals surface area (Å²) in [5.74, 6) is 0.425. The van der Waals surface area contributed by atoms with E-state index in [2.05, 4.69) is 5.32 Å². The minimum Gasteiger partial charge on any atom is -0.495 e. The number of anilines is 3. The van der Waals surface area contributed by atoms with Gasteiger partial charge in [0.05, 0.1) is 12.8 Å². The van der Waals surface area contributed by atoms with E-state index in [-0.39, 0.29) is 11.8 Å². The van der Waals surface area contributed by atoms with Crippen LogP contribution in [-0.2, 0) is 4.79 Å². The number of ether oxygens (including phenoxy) is 1. The molecule has 0 bridgehead atoms. The number of methoxy groups -OCH3 is 1. The highest BCUT2D eigenvalue weighted by Crippen LogP contribution is 2.33. The molecule has 0 aliphatic carbocycles. The second kappa shape index (κ2) is 7.25. The standard InChI is InChI=1S/C19H21N3O3/c1-25-17-9-8-15(12-16(17)22-10-3-2-7-18(22)23)21-19(24)13-5-4-6-14(20)11-13/h4-6,8-9,11-12H,2-3,7,10,20H2,1H3,(H,21,24). The Bertz CT molecular complexity index is 804. The Balaban J connectivity index is 1.86. The van der Waals surface area contributed by atoms with Crippen molar-refractivity contribution in [1.29, 1.82) is 0 Å². The molecule has 1 aliphatic heterocycles. The summed E-state index contributed by atoms with van der Waals surface area (Å²) in [5.41, 5.74) is 8.01. The molecule has 0 unspecified atom stereocenters. The molecule has 6 heteroatoms. The predicted octanol–water partition coefficient (Wildman–Crippen LogP) is 3.05. The van der Waals surface area contributed by atoms with Gasteiger partial charge in [-0.3, -0.25) is 9.59 Å². The molecule has 25 heavy (non-hydrogen) atoms. The van der Waals surface area contributed by atoms with Gasteiger partial charge in [-0.2, -0.15) is 0 Å². The van der Waals surface area contributed by atoms with Crippen LogP contribution in [0.5, 0.6) is 5.75 Å². The molecule has 0 saturated carbocycles. The van der Waals surface area contributed by atoms with Crippen molar-refractivity contribution < 1.29 is 14.3 Å². The van der Waals surface area contributed by atoms with Crippen LogP contribution in [0.25, 0.3) is 0 Å². The van der Waals surface area contributed by atoms with Gasteiger partial charge in [0.1, 0.15) is 5.75 Å². The van der Waals surface area contributed by atoms with Crippen LogP contribution in [0, 0.1) is 0 Å². The molecule has 3 N–H and O–H groups in total. The number of hydrogen-bond donors (Lipinski definition) is 2. The van der Waals surface area contributed by atoms with E-state index in [1.165, 1.54) is 0 Å². The maximum atomic E-state index is 12.4. The van der Waals surface area contributed by atoms with Crippen molar-refractivity contribution >= 4 is 28.9 Å². The molecular weight excluding hydrogens is 318 g/mol. The number of nitrogens with two attached hydrogens (primary N) is 1. The van der Waals surface area contributed by atoms with E-state index in [0.717, 1.165) is 12.8 Å². The van der Waals surface area contributed by atoms with Gasteiger partial charge in [-0.05, 0) is 49.2 Å². The molecule has 1 aliphatic rings. The van der Waals surface area contributed by atoms with Crippen LogP contribution in [0.3, 0.4) is 0 Å². The molecule has 2 aromatic rings. The normalized spacial score (nSPS) is 14.3. The molecule has 0 aromatic heterocycles. The van der Waals surface area contributed by atoms with Gasteiger partial charge in [0, 0.05) is 29.9 Å². The van der Waals surface area contributed by atoms with Crippen LogP contribution in [0.4, 0.5) is 17.1 Å². The van der Waals surface area contributed by atoms with Crippen molar-refractivity contribution in [2.45, 2.75) is 19.3 Å². The average molecular weight is 339 g/mol. The summed E-state index contributed by atoms with van der Waals surface area (Å²) in [6, 6.07) is 12.1. The van der Waals surface area contributed by atoms with Crippen molar-refractivity contribution in [2.24, 2.45) is 0 Å². The molecule has 0 atom stereocenters. The number of carbonyl (C=O) groups is 2. The zero-order valence-electron chi connectivity index (χ0n) is 14.1. The number of amides is 2. The number of benzene rings is 2. The molecule has 3 rings (SSSR count). The highest BCUT2D eigenvalue weighted by Gasteiger charge is 2.23. The number of nitrogens with one attached hydrogen (secondary N) is 1. The van der Waals surface area contributed by atoms with Crippen LogP contribution in [0.1, 0.15) is 29.6 Å². The summed E-state index contributed by atoms with van der Waals surface area (Å²) in [4.78, 5) is 26.3. The largest absolute Gasteiger partial charge is 0.495 e. The molecule has 0 spiro atoms. The van der Waals surface area contributed by atoms with Gasteiger partial charge in [0.15, 0.2) is 0 Å². The maximum Gasteiger partial charge on any atom is 0.255 e. The summed E-state index contributed by atoms with van der Waals surface area (Å²) in [7, 11) is 1.57. The van der Waals surface area contributed by atoms with E-state index in [9.17, 15) is 9.59 Å². The summed E-state index contributed by atoms with van der Waals surface area (Å²) >= 11 is 0. The number of rotatable bonds is 4. The molecule has 2 aromatic carbocycles. The molecular formula is C19H21N3O3. The number of nitrogen functional groups attached to an aromatic ring is 1. The van der Waals surface area contributed by atoms with Gasteiger partial charge in [-0.25, -0.2) is 0 Å². The first-order valence-electron chi connectivity index (χ1n) is 8.24. The van der Waals surface area contributed by atoms with Crippen molar-refractivity contribution in [3.05, 3.63) is 48.0 Å². The van der Waals surface area contributed by atoms with Gasteiger partial charge in [-0.15, -0.1) is 0 Å². The van der Waals surface area contributed by atoms with Crippen LogP contribution in [0.15, 0.2) is 42.5 Å². The molecule has 1 saturated heterocycles. The first-order chi connectivity index (χ1) is 12.1. The number of hydrogen-bond acceptors (Lipinski definition) is 4. The second-order valence-corrected chi connectivity index (χ2v) is 5.97. The van der Waals surface area contributed by atoms with E-state index in [0.29, 0.717) is 41.3 Å². The number of carbonyl (C=O) groups excluding carboxylic acids is 2. The fourth-order valence-electron chi connectivity index (χ4n) is 2.92. The third kappa shape index (κ3) is 3.74. The molecule has 0 radical (unpaired) electrons. The highest BCUT2D eigenvalue weighted by atomic mass is 16.5. The van der Waals surface area contributed by atoms with Crippen molar-refractivity contribution in [3.63, 3.8) is 0 Å². The second-order valence-electron chi connectivity index (χ2n) is 5.97. The zero-order valence-corrected chi connectivity index (χ0v) is 14.1. The van der Waals surface area contributed by atoms with E-state index >= 15 is 0 Å². The van der Waals surface area contributed by atoms with E-state index in [1.807, 2.05) is 0 Å². The van der Waals surface area contributed by atoms with Crippen molar-refractivity contribution in [3.8, 4) is 5.75 Å². The lowest BCUT2D eigenvalue weighted by Crippen LogP contribution is -2.35. The monoisotopic (exact) mass is 339 g/mol. The maximum absolute atomic E-state index is 12.4. The topological polar surface area (TPSA) is 84.7 Å². The van der Waals surface area contributed by atoms with Gasteiger partial charge >= 0.3 is 0 Å². The Kier molecular flexibility index (Phi) is 4.88.